The molecule has 2 aromatic carbocycles. The number of carbonyl (C=O) groups excluding carboxylic acids is 1. The number of benzene rings is 2. The number of aryl methyl sites for hydroxylation is 1. The van der Waals surface area contributed by atoms with Crippen LogP contribution >= 0.6 is 0 Å². The SMILES string of the molecule is COC(=O)C(=C/c1ccccc1)/C=C(\c1cccc(C)c1)C(F)(F)F. The van der Waals surface area contributed by atoms with Gasteiger partial charge in [0.1, 0.15) is 0 Å². The second-order valence-corrected chi connectivity index (χ2v) is 5.43. The number of ether oxygens (including phenoxy) is 1. The number of hydrogen-bond acceptors (Lipinski definition) is 2. The van der Waals surface area contributed by atoms with E-state index in [1.165, 1.54) is 18.2 Å². The van der Waals surface area contributed by atoms with E-state index in [0.29, 0.717) is 11.1 Å². The maximum Gasteiger partial charge on any atom is 0.417 e. The van der Waals surface area contributed by atoms with Crippen molar-refractivity contribution in [3.05, 3.63) is 82.9 Å². The molecular weight excluding hydrogens is 329 g/mol. The fourth-order valence-electron chi connectivity index (χ4n) is 2.30. The molecule has 0 saturated heterocycles. The summed E-state index contributed by atoms with van der Waals surface area (Å²) in [7, 11) is 1.13. The number of methoxy groups -OCH3 is 1. The van der Waals surface area contributed by atoms with Crippen molar-refractivity contribution in [3.8, 4) is 0 Å². The van der Waals surface area contributed by atoms with E-state index in [2.05, 4.69) is 4.74 Å². The Labute approximate surface area is 144 Å². The van der Waals surface area contributed by atoms with Gasteiger partial charge in [0, 0.05) is 0 Å². The summed E-state index contributed by atoms with van der Waals surface area (Å²) >= 11 is 0. The lowest BCUT2D eigenvalue weighted by atomic mass is 9.99. The first-order chi connectivity index (χ1) is 11.8. The van der Waals surface area contributed by atoms with Gasteiger partial charge in [0.05, 0.1) is 18.3 Å². The minimum absolute atomic E-state index is 0.00429. The smallest absolute Gasteiger partial charge is 0.417 e. The standard InChI is InChI=1S/C20H17F3O2/c1-14-7-6-10-16(11-14)18(20(21,22)23)13-17(19(24)25-2)12-15-8-4-3-5-9-15/h3-13H,1-2H3/b17-12+,18-13+. The van der Waals surface area contributed by atoms with Gasteiger partial charge in [0.15, 0.2) is 0 Å². The monoisotopic (exact) mass is 346 g/mol. The third kappa shape index (κ3) is 5.08. The van der Waals surface area contributed by atoms with Crippen molar-refractivity contribution in [1.82, 2.24) is 0 Å². The summed E-state index contributed by atoms with van der Waals surface area (Å²) in [6.45, 7) is 1.71. The lowest BCUT2D eigenvalue weighted by Crippen LogP contribution is -2.13. The molecule has 0 saturated carbocycles. The van der Waals surface area contributed by atoms with Crippen LogP contribution in [-0.2, 0) is 9.53 Å². The molecule has 0 spiro atoms. The molecule has 0 atom stereocenters. The molecule has 0 heterocycles. The highest BCUT2D eigenvalue weighted by Crippen LogP contribution is 2.35. The highest BCUT2D eigenvalue weighted by atomic mass is 19.4. The first-order valence-corrected chi connectivity index (χ1v) is 7.52. The number of rotatable bonds is 4. The van der Waals surface area contributed by atoms with Crippen molar-refractivity contribution in [3.63, 3.8) is 0 Å². The van der Waals surface area contributed by atoms with Gasteiger partial charge in [-0.05, 0) is 30.2 Å². The van der Waals surface area contributed by atoms with Gasteiger partial charge in [-0.25, -0.2) is 4.79 Å². The lowest BCUT2D eigenvalue weighted by molar-refractivity contribution is -0.135. The molecule has 0 amide bonds. The van der Waals surface area contributed by atoms with E-state index in [0.717, 1.165) is 13.2 Å². The quantitative estimate of drug-likeness (QED) is 0.432. The van der Waals surface area contributed by atoms with Crippen LogP contribution in [0.25, 0.3) is 11.6 Å². The molecule has 2 nitrogen and oxygen atoms in total. The van der Waals surface area contributed by atoms with Crippen molar-refractivity contribution in [2.45, 2.75) is 13.1 Å². The third-order valence-corrected chi connectivity index (χ3v) is 3.48. The van der Waals surface area contributed by atoms with Crippen LogP contribution in [0.3, 0.4) is 0 Å². The zero-order valence-corrected chi connectivity index (χ0v) is 13.8. The van der Waals surface area contributed by atoms with Crippen LogP contribution in [-0.4, -0.2) is 19.3 Å². The Morgan fingerprint density at radius 3 is 2.28 bits per heavy atom. The van der Waals surface area contributed by atoms with Gasteiger partial charge in [-0.1, -0.05) is 60.2 Å². The first-order valence-electron chi connectivity index (χ1n) is 7.52. The molecular formula is C20H17F3O2. The molecule has 0 bridgehead atoms. The number of alkyl halides is 3. The Balaban J connectivity index is 2.60. The first kappa shape index (κ1) is 18.5. The lowest BCUT2D eigenvalue weighted by Gasteiger charge is -2.13. The molecule has 0 fully saturated rings. The molecule has 130 valence electrons. The summed E-state index contributed by atoms with van der Waals surface area (Å²) in [5, 5.41) is 0. The summed E-state index contributed by atoms with van der Waals surface area (Å²) in [6.07, 6.45) is -2.42. The van der Waals surface area contributed by atoms with Gasteiger partial charge in [-0.2, -0.15) is 13.2 Å². The molecule has 0 aromatic heterocycles. The molecule has 25 heavy (non-hydrogen) atoms. The number of hydrogen-bond donors (Lipinski definition) is 0. The van der Waals surface area contributed by atoms with Crippen LogP contribution in [0, 0.1) is 6.92 Å². The molecule has 2 rings (SSSR count). The minimum atomic E-state index is -4.61. The van der Waals surface area contributed by atoms with Gasteiger partial charge < -0.3 is 4.74 Å². The molecule has 0 aliphatic rings. The number of carbonyl (C=O) groups is 1. The van der Waals surface area contributed by atoms with Crippen molar-refractivity contribution in [1.29, 1.82) is 0 Å². The Kier molecular flexibility index (Phi) is 5.80. The van der Waals surface area contributed by atoms with Gasteiger partial charge in [0.25, 0.3) is 0 Å². The van der Waals surface area contributed by atoms with Crippen LogP contribution in [0.4, 0.5) is 13.2 Å². The number of allylic oxidation sites excluding steroid dienone is 1. The fraction of sp³-hybridized carbons (Fsp3) is 0.150. The Hall–Kier alpha value is -2.82. The predicted molar refractivity (Wildman–Crippen MR) is 91.6 cm³/mol. The largest absolute Gasteiger partial charge is 0.465 e. The minimum Gasteiger partial charge on any atom is -0.465 e. The van der Waals surface area contributed by atoms with Crippen LogP contribution in [0.5, 0.6) is 0 Å². The van der Waals surface area contributed by atoms with E-state index in [-0.39, 0.29) is 11.1 Å². The van der Waals surface area contributed by atoms with Gasteiger partial charge in [0.2, 0.25) is 0 Å². The maximum atomic E-state index is 13.6. The Morgan fingerprint density at radius 2 is 1.72 bits per heavy atom. The van der Waals surface area contributed by atoms with Crippen LogP contribution in [0.2, 0.25) is 0 Å². The maximum absolute atomic E-state index is 13.6. The van der Waals surface area contributed by atoms with Crippen molar-refractivity contribution >= 4 is 17.6 Å². The molecule has 0 aliphatic heterocycles. The van der Waals surface area contributed by atoms with Crippen molar-refractivity contribution < 1.29 is 22.7 Å². The highest BCUT2D eigenvalue weighted by Gasteiger charge is 2.35. The Morgan fingerprint density at radius 1 is 1.04 bits per heavy atom. The highest BCUT2D eigenvalue weighted by molar-refractivity contribution is 5.99. The molecule has 2 aromatic rings. The zero-order valence-electron chi connectivity index (χ0n) is 13.8. The number of halogens is 3. The van der Waals surface area contributed by atoms with E-state index in [1.807, 2.05) is 0 Å². The van der Waals surface area contributed by atoms with E-state index in [9.17, 15) is 18.0 Å². The molecule has 5 heteroatoms. The summed E-state index contributed by atoms with van der Waals surface area (Å²) in [5.41, 5.74) is 0.214. The van der Waals surface area contributed by atoms with Crippen LogP contribution < -0.4 is 0 Å². The summed E-state index contributed by atoms with van der Waals surface area (Å²) in [4.78, 5) is 12.0. The predicted octanol–water partition coefficient (Wildman–Crippen LogP) is 5.20. The summed E-state index contributed by atoms with van der Waals surface area (Å²) in [6, 6.07) is 14.7. The van der Waals surface area contributed by atoms with E-state index >= 15 is 0 Å². The van der Waals surface area contributed by atoms with E-state index in [4.69, 9.17) is 0 Å². The topological polar surface area (TPSA) is 26.3 Å². The molecule has 0 radical (unpaired) electrons. The summed E-state index contributed by atoms with van der Waals surface area (Å²) in [5.74, 6) is -0.835. The van der Waals surface area contributed by atoms with E-state index < -0.39 is 17.7 Å². The van der Waals surface area contributed by atoms with Gasteiger partial charge in [-0.15, -0.1) is 0 Å². The molecule has 0 N–H and O–H groups in total. The van der Waals surface area contributed by atoms with Crippen molar-refractivity contribution in [2.75, 3.05) is 7.11 Å². The average molecular weight is 346 g/mol. The van der Waals surface area contributed by atoms with E-state index in [1.54, 1.807) is 49.4 Å². The second-order valence-electron chi connectivity index (χ2n) is 5.43. The van der Waals surface area contributed by atoms with Gasteiger partial charge >= 0.3 is 12.1 Å². The fourth-order valence-corrected chi connectivity index (χ4v) is 2.30. The third-order valence-electron chi connectivity index (χ3n) is 3.48. The van der Waals surface area contributed by atoms with Crippen molar-refractivity contribution in [2.24, 2.45) is 0 Å². The average Bonchev–Trinajstić information content (AvgIpc) is 2.57. The summed E-state index contributed by atoms with van der Waals surface area (Å²) < 4.78 is 45.3. The number of esters is 1. The zero-order chi connectivity index (χ0) is 18.4. The Bertz CT molecular complexity index is 803. The molecule has 0 unspecified atom stereocenters. The van der Waals surface area contributed by atoms with Gasteiger partial charge in [-0.3, -0.25) is 0 Å². The van der Waals surface area contributed by atoms with Crippen LogP contribution in [0.1, 0.15) is 16.7 Å². The second kappa shape index (κ2) is 7.83. The van der Waals surface area contributed by atoms with Crippen LogP contribution in [0.15, 0.2) is 66.2 Å². The molecule has 0 aliphatic carbocycles. The normalized spacial score (nSPS) is 12.8.